The molecule has 6 rings (SSSR count). The molecule has 2 N–H and O–H groups in total. The van der Waals surface area contributed by atoms with Crippen molar-refractivity contribution in [2.75, 3.05) is 49.7 Å². The van der Waals surface area contributed by atoms with E-state index < -0.39 is 0 Å². The van der Waals surface area contributed by atoms with Crippen LogP contribution in [0.15, 0.2) is 24.3 Å². The third kappa shape index (κ3) is 4.01. The Bertz CT molecular complexity index is 1040. The Kier molecular flexibility index (Phi) is 5.84. The highest BCUT2D eigenvalue weighted by atomic mass is 16.5. The van der Waals surface area contributed by atoms with Crippen LogP contribution in [0.2, 0.25) is 0 Å². The monoisotopic (exact) mass is 464 g/mol. The lowest BCUT2D eigenvalue weighted by molar-refractivity contribution is -0.0699. The van der Waals surface area contributed by atoms with E-state index in [0.717, 1.165) is 87.4 Å². The molecule has 0 unspecified atom stereocenters. The van der Waals surface area contributed by atoms with Gasteiger partial charge in [-0.3, -0.25) is 4.90 Å². The highest BCUT2D eigenvalue weighted by molar-refractivity contribution is 5.89. The molecule has 1 aromatic carbocycles. The summed E-state index contributed by atoms with van der Waals surface area (Å²) < 4.78 is 11.3. The Morgan fingerprint density at radius 3 is 2.41 bits per heavy atom. The van der Waals surface area contributed by atoms with Crippen molar-refractivity contribution in [1.82, 2.24) is 20.2 Å². The lowest BCUT2D eigenvalue weighted by atomic mass is 10.0. The fourth-order valence-electron chi connectivity index (χ4n) is 5.53. The van der Waals surface area contributed by atoms with E-state index in [2.05, 4.69) is 20.4 Å². The molecule has 3 saturated heterocycles. The first-order chi connectivity index (χ1) is 16.7. The van der Waals surface area contributed by atoms with Gasteiger partial charge >= 0.3 is 6.03 Å². The molecule has 2 aromatic rings. The summed E-state index contributed by atoms with van der Waals surface area (Å²) in [6, 6.07) is 8.87. The Hall–Kier alpha value is -2.75. The van der Waals surface area contributed by atoms with Gasteiger partial charge in [0.1, 0.15) is 5.82 Å². The van der Waals surface area contributed by atoms with Gasteiger partial charge < -0.3 is 25.0 Å². The van der Waals surface area contributed by atoms with Crippen molar-refractivity contribution < 1.29 is 14.3 Å². The lowest BCUT2D eigenvalue weighted by Gasteiger charge is -2.42. The number of nitrogens with zero attached hydrogens (tertiary/aromatic N) is 4. The van der Waals surface area contributed by atoms with Crippen molar-refractivity contribution in [2.45, 2.75) is 50.9 Å². The average molecular weight is 465 g/mol. The molecule has 1 aromatic heterocycles. The smallest absolute Gasteiger partial charge is 0.319 e. The number of aromatic nitrogens is 2. The van der Waals surface area contributed by atoms with Crippen LogP contribution in [-0.2, 0) is 22.4 Å². The van der Waals surface area contributed by atoms with Gasteiger partial charge in [-0.05, 0) is 50.5 Å². The molecular weight excluding hydrogens is 432 g/mol. The Labute approximate surface area is 199 Å². The van der Waals surface area contributed by atoms with E-state index >= 15 is 0 Å². The van der Waals surface area contributed by atoms with Crippen molar-refractivity contribution >= 4 is 17.5 Å². The van der Waals surface area contributed by atoms with Crippen molar-refractivity contribution in [3.05, 3.63) is 35.5 Å². The average Bonchev–Trinajstić information content (AvgIpc) is 3.05. The molecule has 2 atom stereocenters. The van der Waals surface area contributed by atoms with Crippen molar-refractivity contribution in [2.24, 2.45) is 0 Å². The first-order valence-electron chi connectivity index (χ1n) is 12.4. The van der Waals surface area contributed by atoms with E-state index in [1.165, 1.54) is 5.56 Å². The second-order valence-electron chi connectivity index (χ2n) is 9.60. The molecule has 9 nitrogen and oxygen atoms in total. The van der Waals surface area contributed by atoms with Crippen LogP contribution in [0.4, 0.5) is 16.3 Å². The van der Waals surface area contributed by atoms with Crippen LogP contribution in [0, 0.1) is 0 Å². The number of carbonyl (C=O) groups excluding carboxylic acids is 1. The molecule has 4 aliphatic heterocycles. The number of hydrogen-bond donors (Lipinski definition) is 2. The van der Waals surface area contributed by atoms with E-state index in [1.807, 2.05) is 31.2 Å². The SMILES string of the molecule is CCNC(=O)Nc1ccc(-c2nc3c(c(N4[C@H]5CC[C@H]4COC5)n2)CCN(C2COC2)C3)cc1. The van der Waals surface area contributed by atoms with E-state index in [0.29, 0.717) is 24.7 Å². The summed E-state index contributed by atoms with van der Waals surface area (Å²) in [5, 5.41) is 5.61. The van der Waals surface area contributed by atoms with Gasteiger partial charge in [-0.15, -0.1) is 0 Å². The molecule has 5 heterocycles. The van der Waals surface area contributed by atoms with Crippen LogP contribution in [0.1, 0.15) is 31.0 Å². The molecule has 0 spiro atoms. The van der Waals surface area contributed by atoms with Crippen LogP contribution in [0.3, 0.4) is 0 Å². The van der Waals surface area contributed by atoms with Crippen LogP contribution in [0.25, 0.3) is 11.4 Å². The highest BCUT2D eigenvalue weighted by Crippen LogP contribution is 2.38. The van der Waals surface area contributed by atoms with Gasteiger partial charge in [0, 0.05) is 36.4 Å². The van der Waals surface area contributed by atoms with Crippen LogP contribution in [0.5, 0.6) is 0 Å². The van der Waals surface area contributed by atoms with Gasteiger partial charge in [0.15, 0.2) is 5.82 Å². The molecular formula is C25H32N6O3. The molecule has 2 bridgehead atoms. The maximum Gasteiger partial charge on any atom is 0.319 e. The Balaban J connectivity index is 1.34. The molecule has 180 valence electrons. The summed E-state index contributed by atoms with van der Waals surface area (Å²) in [6.07, 6.45) is 3.28. The molecule has 3 fully saturated rings. The predicted octanol–water partition coefficient (Wildman–Crippen LogP) is 2.41. The van der Waals surface area contributed by atoms with Crippen LogP contribution < -0.4 is 15.5 Å². The summed E-state index contributed by atoms with van der Waals surface area (Å²) in [4.78, 5) is 27.1. The molecule has 0 radical (unpaired) electrons. The third-order valence-electron chi connectivity index (χ3n) is 7.43. The number of amides is 2. The minimum atomic E-state index is -0.203. The Morgan fingerprint density at radius 1 is 1.03 bits per heavy atom. The van der Waals surface area contributed by atoms with Gasteiger partial charge in [-0.1, -0.05) is 0 Å². The number of morpholine rings is 1. The molecule has 4 aliphatic rings. The first kappa shape index (κ1) is 21.8. The number of anilines is 2. The summed E-state index contributed by atoms with van der Waals surface area (Å²) >= 11 is 0. The highest BCUT2D eigenvalue weighted by Gasteiger charge is 2.41. The van der Waals surface area contributed by atoms with E-state index in [9.17, 15) is 4.79 Å². The first-order valence-corrected chi connectivity index (χ1v) is 12.4. The number of fused-ring (bicyclic) bond motifs is 3. The maximum atomic E-state index is 11.9. The second-order valence-corrected chi connectivity index (χ2v) is 9.60. The van der Waals surface area contributed by atoms with Gasteiger partial charge in [0.25, 0.3) is 0 Å². The van der Waals surface area contributed by atoms with E-state index in [-0.39, 0.29) is 6.03 Å². The fourth-order valence-corrected chi connectivity index (χ4v) is 5.53. The van der Waals surface area contributed by atoms with Crippen LogP contribution in [-0.4, -0.2) is 78.5 Å². The largest absolute Gasteiger partial charge is 0.378 e. The normalized spacial score (nSPS) is 24.4. The van der Waals surface area contributed by atoms with E-state index in [4.69, 9.17) is 19.4 Å². The zero-order valence-corrected chi connectivity index (χ0v) is 19.6. The number of ether oxygens (including phenoxy) is 2. The maximum absolute atomic E-state index is 11.9. The lowest BCUT2D eigenvalue weighted by Crippen LogP contribution is -2.51. The minimum Gasteiger partial charge on any atom is -0.378 e. The summed E-state index contributed by atoms with van der Waals surface area (Å²) in [7, 11) is 0. The number of rotatable bonds is 5. The van der Waals surface area contributed by atoms with Crippen molar-refractivity contribution in [1.29, 1.82) is 0 Å². The Morgan fingerprint density at radius 2 is 1.74 bits per heavy atom. The summed E-state index contributed by atoms with van der Waals surface area (Å²) in [6.45, 7) is 7.52. The number of nitrogens with one attached hydrogen (secondary N) is 2. The predicted molar refractivity (Wildman–Crippen MR) is 129 cm³/mol. The molecule has 34 heavy (non-hydrogen) atoms. The minimum absolute atomic E-state index is 0.203. The van der Waals surface area contributed by atoms with Crippen molar-refractivity contribution in [3.8, 4) is 11.4 Å². The van der Waals surface area contributed by atoms with E-state index in [1.54, 1.807) is 0 Å². The molecule has 9 heteroatoms. The van der Waals surface area contributed by atoms with Crippen molar-refractivity contribution in [3.63, 3.8) is 0 Å². The fraction of sp³-hybridized carbons (Fsp3) is 0.560. The van der Waals surface area contributed by atoms with Gasteiger partial charge in [-0.25, -0.2) is 14.8 Å². The summed E-state index contributed by atoms with van der Waals surface area (Å²) in [5.74, 6) is 1.85. The quantitative estimate of drug-likeness (QED) is 0.702. The van der Waals surface area contributed by atoms with Gasteiger partial charge in [-0.2, -0.15) is 0 Å². The molecule has 0 saturated carbocycles. The second kappa shape index (κ2) is 9.13. The zero-order valence-electron chi connectivity index (χ0n) is 19.6. The summed E-state index contributed by atoms with van der Waals surface area (Å²) in [5.41, 5.74) is 4.13. The zero-order chi connectivity index (χ0) is 23.1. The van der Waals surface area contributed by atoms with Gasteiger partial charge in [0.2, 0.25) is 0 Å². The number of urea groups is 1. The standard InChI is InChI=1S/C25H32N6O3/c1-2-26-25(32)27-17-5-3-16(4-6-17)23-28-22-11-30(20-14-34-15-20)10-9-21(22)24(29-23)31-18-7-8-19(31)13-33-12-18/h3-6,18-20H,2,7-15H2,1H3,(H2,26,27,32)/t18-,19-/m0/s1. The number of carbonyl (C=O) groups is 1. The topological polar surface area (TPSA) is 91.9 Å². The number of hydrogen-bond acceptors (Lipinski definition) is 7. The van der Waals surface area contributed by atoms with Crippen LogP contribution >= 0.6 is 0 Å². The molecule has 0 aliphatic carbocycles. The van der Waals surface area contributed by atoms with Gasteiger partial charge in [0.05, 0.1) is 50.2 Å². The number of benzene rings is 1. The third-order valence-corrected chi connectivity index (χ3v) is 7.43. The molecule has 2 amide bonds.